The quantitative estimate of drug-likeness (QED) is 0.903. The van der Waals surface area contributed by atoms with Crippen molar-refractivity contribution in [3.63, 3.8) is 0 Å². The van der Waals surface area contributed by atoms with Crippen LogP contribution in [0.5, 0.6) is 0 Å². The van der Waals surface area contributed by atoms with E-state index in [-0.39, 0.29) is 15.5 Å². The molecule has 0 aliphatic heterocycles. The number of hydrogen-bond donors (Lipinski definition) is 1. The van der Waals surface area contributed by atoms with E-state index in [4.69, 9.17) is 16.7 Å². The molecule has 4 nitrogen and oxygen atoms in total. The maximum atomic E-state index is 12.0. The molecule has 0 aliphatic carbocycles. The summed E-state index contributed by atoms with van der Waals surface area (Å²) in [6, 6.07) is 2.48. The Hall–Kier alpha value is -0.850. The van der Waals surface area contributed by atoms with Crippen LogP contribution in [0.25, 0.3) is 0 Å². The van der Waals surface area contributed by atoms with Crippen LogP contribution in [0.1, 0.15) is 15.9 Å². The van der Waals surface area contributed by atoms with Gasteiger partial charge in [0.2, 0.25) is 0 Å². The molecular weight excluding hydrogens is 344 g/mol. The third-order valence-corrected chi connectivity index (χ3v) is 5.16. The van der Waals surface area contributed by atoms with Crippen molar-refractivity contribution in [1.29, 1.82) is 0 Å². The van der Waals surface area contributed by atoms with E-state index in [0.29, 0.717) is 10.0 Å². The van der Waals surface area contributed by atoms with E-state index in [1.165, 1.54) is 6.07 Å². The number of hydrogen-bond acceptors (Lipinski definition) is 3. The SMILES string of the molecule is C=C(Cl)CS(=O)(=O)c1cc(C(=O)O)cc(Br)c1C. The third-order valence-electron chi connectivity index (χ3n) is 2.23. The van der Waals surface area contributed by atoms with Gasteiger partial charge < -0.3 is 5.11 Å². The number of halogens is 2. The topological polar surface area (TPSA) is 71.4 Å². The Kier molecular flexibility index (Phi) is 4.58. The average Bonchev–Trinajstić information content (AvgIpc) is 2.19. The lowest BCUT2D eigenvalue weighted by atomic mass is 10.1. The first-order valence-electron chi connectivity index (χ1n) is 4.74. The van der Waals surface area contributed by atoms with Crippen molar-refractivity contribution in [2.75, 3.05) is 5.75 Å². The number of sulfone groups is 1. The summed E-state index contributed by atoms with van der Waals surface area (Å²) in [7, 11) is -3.69. The van der Waals surface area contributed by atoms with Crippen LogP contribution < -0.4 is 0 Å². The summed E-state index contributed by atoms with van der Waals surface area (Å²) in [4.78, 5) is 10.8. The number of carboxylic acid groups (broad SMARTS) is 1. The van der Waals surface area contributed by atoms with Gasteiger partial charge in [-0.2, -0.15) is 0 Å². The van der Waals surface area contributed by atoms with Gasteiger partial charge in [0.25, 0.3) is 0 Å². The lowest BCUT2D eigenvalue weighted by molar-refractivity contribution is 0.0696. The Morgan fingerprint density at radius 1 is 1.50 bits per heavy atom. The molecule has 18 heavy (non-hydrogen) atoms. The molecule has 0 spiro atoms. The van der Waals surface area contributed by atoms with Crippen LogP contribution in [-0.4, -0.2) is 25.2 Å². The van der Waals surface area contributed by atoms with Crippen LogP contribution in [-0.2, 0) is 9.84 Å². The van der Waals surface area contributed by atoms with E-state index in [1.807, 2.05) is 0 Å². The molecule has 1 aromatic rings. The lowest BCUT2D eigenvalue weighted by Crippen LogP contribution is -2.10. The van der Waals surface area contributed by atoms with Crippen molar-refractivity contribution >= 4 is 43.3 Å². The summed E-state index contributed by atoms with van der Waals surface area (Å²) in [5.41, 5.74) is 0.337. The first-order chi connectivity index (χ1) is 8.15. The molecule has 0 bridgehead atoms. The predicted molar refractivity (Wildman–Crippen MR) is 72.9 cm³/mol. The minimum absolute atomic E-state index is 0.0220. The molecule has 0 saturated carbocycles. The van der Waals surface area contributed by atoms with Crippen LogP contribution >= 0.6 is 27.5 Å². The number of carbonyl (C=O) groups is 1. The number of benzene rings is 1. The fourth-order valence-corrected chi connectivity index (χ4v) is 3.86. The van der Waals surface area contributed by atoms with Crippen LogP contribution in [0, 0.1) is 6.92 Å². The van der Waals surface area contributed by atoms with E-state index in [2.05, 4.69) is 22.5 Å². The van der Waals surface area contributed by atoms with E-state index >= 15 is 0 Å². The maximum absolute atomic E-state index is 12.0. The summed E-state index contributed by atoms with van der Waals surface area (Å²) in [6.45, 7) is 4.92. The zero-order chi connectivity index (χ0) is 14.1. The number of aromatic carboxylic acids is 1. The molecule has 0 aromatic heterocycles. The third kappa shape index (κ3) is 3.34. The fourth-order valence-electron chi connectivity index (χ4n) is 1.38. The monoisotopic (exact) mass is 352 g/mol. The molecule has 1 N–H and O–H groups in total. The Balaban J connectivity index is 3.49. The molecule has 0 aliphatic rings. The molecular formula is C11H10BrClO4S. The lowest BCUT2D eigenvalue weighted by Gasteiger charge is -2.10. The molecule has 1 rings (SSSR count). The van der Waals surface area contributed by atoms with Crippen molar-refractivity contribution in [2.24, 2.45) is 0 Å². The van der Waals surface area contributed by atoms with E-state index in [1.54, 1.807) is 6.92 Å². The van der Waals surface area contributed by atoms with Crippen molar-refractivity contribution in [3.8, 4) is 0 Å². The van der Waals surface area contributed by atoms with Gasteiger partial charge in [-0.15, -0.1) is 0 Å². The Morgan fingerprint density at radius 2 is 2.06 bits per heavy atom. The van der Waals surface area contributed by atoms with Gasteiger partial charge in [-0.3, -0.25) is 0 Å². The highest BCUT2D eigenvalue weighted by Crippen LogP contribution is 2.27. The van der Waals surface area contributed by atoms with Crippen molar-refractivity contribution < 1.29 is 18.3 Å². The molecule has 0 amide bonds. The maximum Gasteiger partial charge on any atom is 0.335 e. The number of rotatable bonds is 4. The molecule has 98 valence electrons. The summed E-state index contributed by atoms with van der Waals surface area (Å²) < 4.78 is 24.5. The molecule has 0 heterocycles. The summed E-state index contributed by atoms with van der Waals surface area (Å²) >= 11 is 8.65. The Morgan fingerprint density at radius 3 is 2.50 bits per heavy atom. The highest BCUT2D eigenvalue weighted by molar-refractivity contribution is 9.10. The van der Waals surface area contributed by atoms with Gasteiger partial charge in [0.05, 0.1) is 16.2 Å². The highest BCUT2D eigenvalue weighted by Gasteiger charge is 2.21. The first kappa shape index (κ1) is 15.2. The van der Waals surface area contributed by atoms with Crippen molar-refractivity contribution in [1.82, 2.24) is 0 Å². The normalized spacial score (nSPS) is 11.3. The van der Waals surface area contributed by atoms with Crippen molar-refractivity contribution in [2.45, 2.75) is 11.8 Å². The summed E-state index contributed by atoms with van der Waals surface area (Å²) in [6.07, 6.45) is 0. The zero-order valence-electron chi connectivity index (χ0n) is 9.41. The van der Waals surface area contributed by atoms with Crippen LogP contribution in [0.15, 0.2) is 33.1 Å². The predicted octanol–water partition coefficient (Wildman–Crippen LogP) is 2.98. The van der Waals surface area contributed by atoms with Gasteiger partial charge in [0.15, 0.2) is 9.84 Å². The van der Waals surface area contributed by atoms with E-state index in [0.717, 1.165) is 6.07 Å². The van der Waals surface area contributed by atoms with Crippen LogP contribution in [0.3, 0.4) is 0 Å². The van der Waals surface area contributed by atoms with Gasteiger partial charge >= 0.3 is 5.97 Å². The molecule has 0 saturated heterocycles. The Labute approximate surface area is 118 Å². The second kappa shape index (κ2) is 5.42. The second-order valence-electron chi connectivity index (χ2n) is 3.66. The first-order valence-corrected chi connectivity index (χ1v) is 7.57. The minimum Gasteiger partial charge on any atom is -0.478 e. The van der Waals surface area contributed by atoms with Gasteiger partial charge in [0.1, 0.15) is 0 Å². The highest BCUT2D eigenvalue weighted by atomic mass is 79.9. The van der Waals surface area contributed by atoms with E-state index in [9.17, 15) is 13.2 Å². The average molecular weight is 354 g/mol. The fraction of sp³-hybridized carbons (Fsp3) is 0.182. The molecule has 7 heteroatoms. The van der Waals surface area contributed by atoms with Gasteiger partial charge in [-0.25, -0.2) is 13.2 Å². The van der Waals surface area contributed by atoms with Crippen LogP contribution in [0.4, 0.5) is 0 Å². The van der Waals surface area contributed by atoms with Crippen molar-refractivity contribution in [3.05, 3.63) is 39.3 Å². The van der Waals surface area contributed by atoms with Gasteiger partial charge in [-0.05, 0) is 24.6 Å². The minimum atomic E-state index is -3.69. The smallest absolute Gasteiger partial charge is 0.335 e. The van der Waals surface area contributed by atoms with Gasteiger partial charge in [-0.1, -0.05) is 34.1 Å². The van der Waals surface area contributed by atoms with Gasteiger partial charge in [0, 0.05) is 9.51 Å². The second-order valence-corrected chi connectivity index (χ2v) is 7.01. The number of carboxylic acids is 1. The largest absolute Gasteiger partial charge is 0.478 e. The molecule has 0 fully saturated rings. The molecule has 0 radical (unpaired) electrons. The molecule has 0 unspecified atom stereocenters. The van der Waals surface area contributed by atoms with E-state index < -0.39 is 21.6 Å². The Bertz CT molecular complexity index is 622. The summed E-state index contributed by atoms with van der Waals surface area (Å²) in [5, 5.41) is 8.89. The standard InChI is InChI=1S/C11H10BrClO4S/c1-6(13)5-18(16,17)10-4-8(11(14)15)3-9(12)7(10)2/h3-4H,1,5H2,2H3,(H,14,15). The summed E-state index contributed by atoms with van der Waals surface area (Å²) in [5.74, 6) is -1.62. The zero-order valence-corrected chi connectivity index (χ0v) is 12.6. The molecule has 1 aromatic carbocycles. The molecule has 0 atom stereocenters. The van der Waals surface area contributed by atoms with Crippen LogP contribution in [0.2, 0.25) is 0 Å².